The number of benzene rings is 4. The van der Waals surface area contributed by atoms with Gasteiger partial charge in [0.2, 0.25) is 0 Å². The molecule has 2 amide bonds. The maximum absolute atomic E-state index is 13.8. The van der Waals surface area contributed by atoms with E-state index in [2.05, 4.69) is 33.0 Å². The molecule has 2 fully saturated rings. The Morgan fingerprint density at radius 1 is 0.900 bits per heavy atom. The molecule has 1 spiro atoms. The number of nitrogens with zero attached hydrogens (tertiary/aromatic N) is 5. The van der Waals surface area contributed by atoms with Crippen LogP contribution in [0.25, 0.3) is 0 Å². The highest BCUT2D eigenvalue weighted by molar-refractivity contribution is 6.01. The number of anilines is 2. The number of fused-ring (bicyclic) bond motifs is 6. The molecule has 1 aromatic heterocycles. The Balaban J connectivity index is 0.846. The van der Waals surface area contributed by atoms with E-state index in [0.717, 1.165) is 41.8 Å². The van der Waals surface area contributed by atoms with Crippen molar-refractivity contribution >= 4 is 35.5 Å². The van der Waals surface area contributed by atoms with E-state index in [-0.39, 0.29) is 42.8 Å². The van der Waals surface area contributed by atoms with Crippen LogP contribution in [0.3, 0.4) is 0 Å². The molecule has 2 N–H and O–H groups in total. The minimum absolute atomic E-state index is 0.0176. The van der Waals surface area contributed by atoms with Crippen LogP contribution in [0.15, 0.2) is 94.6 Å². The summed E-state index contributed by atoms with van der Waals surface area (Å²) in [6, 6.07) is 23.6. The van der Waals surface area contributed by atoms with Crippen molar-refractivity contribution in [1.29, 1.82) is 0 Å². The molecule has 0 saturated carbocycles. The van der Waals surface area contributed by atoms with E-state index in [1.54, 1.807) is 17.0 Å². The number of aromatic nitrogens is 2. The summed E-state index contributed by atoms with van der Waals surface area (Å²) in [6.07, 6.45) is 6.41. The minimum atomic E-state index is -1.42. The second-order valence-corrected chi connectivity index (χ2v) is 21.7. The smallest absolute Gasteiger partial charge is 0.456 e. The summed E-state index contributed by atoms with van der Waals surface area (Å²) in [7, 11) is 7.67. The van der Waals surface area contributed by atoms with Crippen molar-refractivity contribution in [2.24, 2.45) is 0 Å². The van der Waals surface area contributed by atoms with Crippen LogP contribution in [0.2, 0.25) is 0 Å². The Kier molecular flexibility index (Phi) is 16.5. The van der Waals surface area contributed by atoms with Crippen molar-refractivity contribution in [3.63, 3.8) is 0 Å². The zero-order valence-electron chi connectivity index (χ0n) is 46.4. The molecule has 0 bridgehead atoms. The normalized spacial score (nSPS) is 18.6. The Bertz CT molecular complexity index is 3360. The van der Waals surface area contributed by atoms with Gasteiger partial charge < -0.3 is 48.4 Å². The van der Waals surface area contributed by atoms with E-state index in [1.165, 1.54) is 16.8 Å². The number of carbonyl (C=O) groups excluding carboxylic acids is 4. The number of likely N-dealkylation sites (tertiary alicyclic amines) is 1. The van der Waals surface area contributed by atoms with Gasteiger partial charge in [-0.3, -0.25) is 24.0 Å². The Hall–Kier alpha value is -8.52. The van der Waals surface area contributed by atoms with Crippen LogP contribution in [0.4, 0.5) is 21.0 Å². The summed E-state index contributed by atoms with van der Waals surface area (Å²) >= 11 is 0. The van der Waals surface area contributed by atoms with Crippen molar-refractivity contribution < 1.29 is 47.6 Å². The number of hydrogen-bond acceptors (Lipinski definition) is 15. The van der Waals surface area contributed by atoms with Gasteiger partial charge in [0, 0.05) is 124 Å². The largest absolute Gasteiger partial charge is 0.508 e. The van der Waals surface area contributed by atoms with Gasteiger partial charge in [0.25, 0.3) is 11.5 Å². The predicted molar refractivity (Wildman–Crippen MR) is 299 cm³/mol. The van der Waals surface area contributed by atoms with Crippen LogP contribution in [-0.2, 0) is 35.8 Å². The molecule has 19 heteroatoms. The molecule has 5 aromatic rings. The first kappa shape index (κ1) is 56.2. The third-order valence-corrected chi connectivity index (χ3v) is 14.6. The van der Waals surface area contributed by atoms with E-state index in [0.29, 0.717) is 66.4 Å². The molecule has 0 aliphatic carbocycles. The summed E-state index contributed by atoms with van der Waals surface area (Å²) in [4.78, 5) is 90.5. The molecule has 4 atom stereocenters. The van der Waals surface area contributed by atoms with E-state index < -0.39 is 58.9 Å². The standard InChI is InChI=1S/C61H67N7O12/c1-10-38-17-19-39(20-18-38)35-66(37-44-16-12-13-28-67(44)58(73)80-60(3,4)5)29-30-75-59(74)78-52-34-53(77-49(52)11-2)68-36-41(55(70)63-57(68)72)15-14-27-62-54(69)40-21-24-45-48(31-40)61(79-56(45)71)46-25-22-42(64(6)7)32-50(46)76-51-33-43(65(8)9)23-26-47(51)61/h1,17-26,31-33,36,44,49,52-53H,11-13,16,27-30,34-35,37H2,2-9H3,(H,62,69)(H,63,70,72)/t44?,49-,52?,53-/m1/s1. The molecule has 4 aromatic carbocycles. The van der Waals surface area contributed by atoms with Gasteiger partial charge in [0.15, 0.2) is 5.60 Å². The number of H-pyrrole nitrogens is 1. The lowest BCUT2D eigenvalue weighted by Crippen LogP contribution is -2.51. The molecule has 2 unspecified atom stereocenters. The van der Waals surface area contributed by atoms with Gasteiger partial charge >= 0.3 is 23.9 Å². The van der Waals surface area contributed by atoms with E-state index in [9.17, 15) is 28.8 Å². The average molecular weight is 1090 g/mol. The number of rotatable bonds is 14. The molecule has 418 valence electrons. The number of esters is 1. The summed E-state index contributed by atoms with van der Waals surface area (Å²) < 4.78 is 37.5. The highest BCUT2D eigenvalue weighted by Crippen LogP contribution is 2.57. The molecule has 2 saturated heterocycles. The van der Waals surface area contributed by atoms with Gasteiger partial charge in [-0.05, 0) is 107 Å². The topological polar surface area (TPSA) is 204 Å². The van der Waals surface area contributed by atoms with Gasteiger partial charge in [0.05, 0.1) is 18.2 Å². The zero-order chi connectivity index (χ0) is 57.0. The monoisotopic (exact) mass is 1090 g/mol. The summed E-state index contributed by atoms with van der Waals surface area (Å²) in [6.45, 7) is 9.11. The number of ether oxygens (including phenoxy) is 6. The van der Waals surface area contributed by atoms with Crippen molar-refractivity contribution in [2.45, 2.75) is 102 Å². The number of nitrogens with one attached hydrogen (secondary N) is 2. The second-order valence-electron chi connectivity index (χ2n) is 21.7. The first-order valence-electron chi connectivity index (χ1n) is 26.8. The molecular formula is C61H67N7O12. The van der Waals surface area contributed by atoms with Crippen LogP contribution in [-0.4, -0.2) is 128 Å². The van der Waals surface area contributed by atoms with Crippen molar-refractivity contribution in [1.82, 2.24) is 24.7 Å². The number of terminal acetylenes is 1. The van der Waals surface area contributed by atoms with Gasteiger partial charge in [-0.25, -0.2) is 19.2 Å². The maximum atomic E-state index is 13.8. The second kappa shape index (κ2) is 23.4. The van der Waals surface area contributed by atoms with Gasteiger partial charge in [-0.15, -0.1) is 6.42 Å². The van der Waals surface area contributed by atoms with E-state index in [4.69, 9.17) is 34.8 Å². The summed E-state index contributed by atoms with van der Waals surface area (Å²) in [5.74, 6) is 8.16. The molecule has 5 heterocycles. The maximum Gasteiger partial charge on any atom is 0.508 e. The lowest BCUT2D eigenvalue weighted by molar-refractivity contribution is -0.0386. The highest BCUT2D eigenvalue weighted by atomic mass is 16.7. The third-order valence-electron chi connectivity index (χ3n) is 14.6. The number of aromatic amines is 1. The Labute approximate surface area is 465 Å². The fourth-order valence-electron chi connectivity index (χ4n) is 10.6. The summed E-state index contributed by atoms with van der Waals surface area (Å²) in [5.41, 5.74) is 2.08. The van der Waals surface area contributed by atoms with Crippen molar-refractivity contribution in [3.8, 4) is 35.7 Å². The molecule has 9 rings (SSSR count). The summed E-state index contributed by atoms with van der Waals surface area (Å²) in [5, 5.41) is 2.78. The molecular weight excluding hydrogens is 1020 g/mol. The van der Waals surface area contributed by atoms with E-state index in [1.807, 2.05) is 126 Å². The lowest BCUT2D eigenvalue weighted by Gasteiger charge is -2.39. The number of carbonyl (C=O) groups is 4. The SMILES string of the molecule is C#Cc1ccc(CN(CCOC(=O)OC2C[C@H](n3cc(C#CCNC(=O)c4ccc5c(c4)C4(OC5=O)c5ccc(N(C)C)cc5Oc5cc(N(C)C)ccc54)c(=O)[nH]c3=O)O[C@@H]2CC)CC2CCCCN2C(=O)OC(C)(C)C)cc1. The first-order valence-corrected chi connectivity index (χ1v) is 26.8. The number of hydrogen-bond donors (Lipinski definition) is 2. The lowest BCUT2D eigenvalue weighted by atomic mass is 9.77. The van der Waals surface area contributed by atoms with Crippen LogP contribution < -0.4 is 31.1 Å². The third kappa shape index (κ3) is 12.0. The van der Waals surface area contributed by atoms with Crippen LogP contribution in [0.1, 0.15) is 120 Å². The fraction of sp³-hybridized carbons (Fsp3) is 0.410. The van der Waals surface area contributed by atoms with Crippen LogP contribution in [0, 0.1) is 24.2 Å². The number of amides is 2. The van der Waals surface area contributed by atoms with Crippen LogP contribution >= 0.6 is 0 Å². The predicted octanol–water partition coefficient (Wildman–Crippen LogP) is 7.51. The highest BCUT2D eigenvalue weighted by Gasteiger charge is 2.54. The average Bonchev–Trinajstić information content (AvgIpc) is 4.14. The van der Waals surface area contributed by atoms with Gasteiger partial charge in [0.1, 0.15) is 41.6 Å². The zero-order valence-corrected chi connectivity index (χ0v) is 46.4. The van der Waals surface area contributed by atoms with Crippen molar-refractivity contribution in [2.75, 3.05) is 70.8 Å². The first-order chi connectivity index (χ1) is 38.2. The molecule has 19 nitrogen and oxygen atoms in total. The molecule has 0 radical (unpaired) electrons. The molecule has 80 heavy (non-hydrogen) atoms. The van der Waals surface area contributed by atoms with Gasteiger partial charge in [-0.2, -0.15) is 0 Å². The van der Waals surface area contributed by atoms with Crippen LogP contribution in [0.5, 0.6) is 11.5 Å². The molecule has 4 aliphatic heterocycles. The Morgan fingerprint density at radius 2 is 1.60 bits per heavy atom. The Morgan fingerprint density at radius 3 is 2.25 bits per heavy atom. The van der Waals surface area contributed by atoms with Crippen molar-refractivity contribution in [3.05, 3.63) is 150 Å². The van der Waals surface area contributed by atoms with E-state index >= 15 is 0 Å². The molecule has 4 aliphatic rings. The number of piperidine rings is 1. The fourth-order valence-corrected chi connectivity index (χ4v) is 10.6. The quantitative estimate of drug-likeness (QED) is 0.0628. The minimum Gasteiger partial charge on any atom is -0.456 e. The van der Waals surface area contributed by atoms with Gasteiger partial charge in [-0.1, -0.05) is 36.8 Å².